The average molecular weight is 200 g/mol. The van der Waals surface area contributed by atoms with Gasteiger partial charge in [0.05, 0.1) is 6.61 Å². The fraction of sp³-hybridized carbons (Fsp3) is 0.222. The number of carbonyl (C=O) groups is 1. The molecule has 0 amide bonds. The number of ether oxygens (including phenoxy) is 1. The summed E-state index contributed by atoms with van der Waals surface area (Å²) in [7, 11) is 0. The molecule has 5 heteroatoms. The molecule has 0 aliphatic heterocycles. The van der Waals surface area contributed by atoms with E-state index in [4.69, 9.17) is 14.9 Å². The molecule has 0 radical (unpaired) electrons. The predicted octanol–water partition coefficient (Wildman–Crippen LogP) is 0.895. The Morgan fingerprint density at radius 3 is 2.79 bits per heavy atom. The minimum Gasteiger partial charge on any atom is -0.490 e. The smallest absolute Gasteiger partial charge is 0.342 e. The second kappa shape index (κ2) is 4.57. The fourth-order valence-electron chi connectivity index (χ4n) is 0.988. The van der Waals surface area contributed by atoms with E-state index < -0.39 is 17.3 Å². The highest BCUT2D eigenvalue weighted by Gasteiger charge is 2.16. The standard InChI is InChI=1S/C9H9FO4/c10-6-2-1-3-7(14-5-4-11)8(6)9(12)13/h1-3,11H,4-5H2,(H,12,13). The Hall–Kier alpha value is -1.62. The Bertz CT molecular complexity index is 338. The van der Waals surface area contributed by atoms with Crippen LogP contribution in [0.1, 0.15) is 10.4 Å². The van der Waals surface area contributed by atoms with Crippen LogP contribution in [0, 0.1) is 5.82 Å². The normalized spacial score (nSPS) is 9.86. The second-order valence-electron chi connectivity index (χ2n) is 2.49. The molecule has 0 saturated heterocycles. The van der Waals surface area contributed by atoms with Gasteiger partial charge >= 0.3 is 5.97 Å². The van der Waals surface area contributed by atoms with E-state index in [1.165, 1.54) is 12.1 Å². The number of rotatable bonds is 4. The number of hydrogen-bond donors (Lipinski definition) is 2. The van der Waals surface area contributed by atoms with Crippen molar-refractivity contribution in [2.45, 2.75) is 0 Å². The van der Waals surface area contributed by atoms with Crippen LogP contribution in [0.25, 0.3) is 0 Å². The first-order chi connectivity index (χ1) is 6.66. The monoisotopic (exact) mass is 200 g/mol. The maximum absolute atomic E-state index is 13.0. The van der Waals surface area contributed by atoms with Crippen LogP contribution in [0.2, 0.25) is 0 Å². The van der Waals surface area contributed by atoms with E-state index in [0.29, 0.717) is 0 Å². The SMILES string of the molecule is O=C(O)c1c(F)cccc1OCCO. The summed E-state index contributed by atoms with van der Waals surface area (Å²) in [5, 5.41) is 17.1. The van der Waals surface area contributed by atoms with Crippen molar-refractivity contribution in [3.63, 3.8) is 0 Å². The highest BCUT2D eigenvalue weighted by atomic mass is 19.1. The molecule has 0 bridgehead atoms. The van der Waals surface area contributed by atoms with Crippen molar-refractivity contribution in [2.24, 2.45) is 0 Å². The summed E-state index contributed by atoms with van der Waals surface area (Å²) >= 11 is 0. The van der Waals surface area contributed by atoms with Crippen LogP contribution in [-0.4, -0.2) is 29.4 Å². The molecule has 2 N–H and O–H groups in total. The van der Waals surface area contributed by atoms with Crippen molar-refractivity contribution in [1.29, 1.82) is 0 Å². The number of carboxylic acids is 1. The zero-order chi connectivity index (χ0) is 10.6. The van der Waals surface area contributed by atoms with Gasteiger partial charge in [0, 0.05) is 0 Å². The lowest BCUT2D eigenvalue weighted by Crippen LogP contribution is -2.08. The molecule has 1 aromatic carbocycles. The van der Waals surface area contributed by atoms with Crippen molar-refractivity contribution in [3.8, 4) is 5.75 Å². The average Bonchev–Trinajstić information content (AvgIpc) is 2.14. The van der Waals surface area contributed by atoms with Gasteiger partial charge in [-0.3, -0.25) is 0 Å². The largest absolute Gasteiger partial charge is 0.490 e. The molecule has 0 heterocycles. The van der Waals surface area contributed by atoms with Gasteiger partial charge in [0.2, 0.25) is 0 Å². The Morgan fingerprint density at radius 1 is 1.50 bits per heavy atom. The van der Waals surface area contributed by atoms with Gasteiger partial charge in [-0.1, -0.05) is 6.07 Å². The van der Waals surface area contributed by atoms with Crippen molar-refractivity contribution in [1.82, 2.24) is 0 Å². The molecule has 0 aliphatic rings. The molecule has 0 spiro atoms. The third kappa shape index (κ3) is 2.20. The Morgan fingerprint density at radius 2 is 2.21 bits per heavy atom. The van der Waals surface area contributed by atoms with Gasteiger partial charge in [0.1, 0.15) is 23.7 Å². The van der Waals surface area contributed by atoms with Crippen molar-refractivity contribution < 1.29 is 24.1 Å². The summed E-state index contributed by atoms with van der Waals surface area (Å²) in [6.45, 7) is -0.320. The molecule has 14 heavy (non-hydrogen) atoms. The first-order valence-corrected chi connectivity index (χ1v) is 3.92. The summed E-state index contributed by atoms with van der Waals surface area (Å²) in [5.74, 6) is -2.32. The summed E-state index contributed by atoms with van der Waals surface area (Å²) in [4.78, 5) is 10.6. The van der Waals surface area contributed by atoms with Crippen LogP contribution >= 0.6 is 0 Å². The van der Waals surface area contributed by atoms with Crippen LogP contribution in [0.5, 0.6) is 5.75 Å². The lowest BCUT2D eigenvalue weighted by Gasteiger charge is -2.07. The summed E-state index contributed by atoms with van der Waals surface area (Å²) in [6, 6.07) is 3.71. The molecule has 1 rings (SSSR count). The van der Waals surface area contributed by atoms with Crippen LogP contribution in [-0.2, 0) is 0 Å². The number of halogens is 1. The molecule has 0 aliphatic carbocycles. The van der Waals surface area contributed by atoms with Crippen LogP contribution in [0.4, 0.5) is 4.39 Å². The molecule has 0 unspecified atom stereocenters. The highest BCUT2D eigenvalue weighted by Crippen LogP contribution is 2.21. The van der Waals surface area contributed by atoms with E-state index in [0.717, 1.165) is 6.07 Å². The highest BCUT2D eigenvalue weighted by molar-refractivity contribution is 5.91. The summed E-state index contributed by atoms with van der Waals surface area (Å²) in [6.07, 6.45) is 0. The Balaban J connectivity index is 3.02. The van der Waals surface area contributed by atoms with Gasteiger partial charge in [0.25, 0.3) is 0 Å². The third-order valence-corrected chi connectivity index (χ3v) is 1.54. The number of benzene rings is 1. The van der Waals surface area contributed by atoms with E-state index in [9.17, 15) is 9.18 Å². The van der Waals surface area contributed by atoms with Crippen molar-refractivity contribution >= 4 is 5.97 Å². The third-order valence-electron chi connectivity index (χ3n) is 1.54. The van der Waals surface area contributed by atoms with E-state index in [1.54, 1.807) is 0 Å². The van der Waals surface area contributed by atoms with Crippen LogP contribution < -0.4 is 4.74 Å². The van der Waals surface area contributed by atoms with E-state index in [2.05, 4.69) is 0 Å². The maximum atomic E-state index is 13.0. The van der Waals surface area contributed by atoms with Gasteiger partial charge < -0.3 is 14.9 Å². The van der Waals surface area contributed by atoms with Crippen LogP contribution in [0.15, 0.2) is 18.2 Å². The van der Waals surface area contributed by atoms with Gasteiger partial charge in [0.15, 0.2) is 0 Å². The number of aliphatic hydroxyl groups excluding tert-OH is 1. The Kier molecular flexibility index (Phi) is 3.41. The molecule has 0 atom stereocenters. The molecule has 1 aromatic rings. The summed E-state index contributed by atoms with van der Waals surface area (Å²) < 4.78 is 17.9. The van der Waals surface area contributed by atoms with Gasteiger partial charge in [-0.2, -0.15) is 0 Å². The number of aromatic carboxylic acids is 1. The van der Waals surface area contributed by atoms with E-state index in [-0.39, 0.29) is 19.0 Å². The number of carboxylic acid groups (broad SMARTS) is 1. The maximum Gasteiger partial charge on any atom is 0.342 e. The Labute approximate surface area is 79.6 Å². The van der Waals surface area contributed by atoms with Gasteiger partial charge in [-0.15, -0.1) is 0 Å². The molecule has 0 aromatic heterocycles. The van der Waals surface area contributed by atoms with Crippen LogP contribution in [0.3, 0.4) is 0 Å². The van der Waals surface area contributed by atoms with Gasteiger partial charge in [-0.05, 0) is 12.1 Å². The molecule has 0 saturated carbocycles. The number of hydrogen-bond acceptors (Lipinski definition) is 3. The van der Waals surface area contributed by atoms with Crippen molar-refractivity contribution in [2.75, 3.05) is 13.2 Å². The number of aliphatic hydroxyl groups is 1. The first kappa shape index (κ1) is 10.5. The summed E-state index contributed by atoms with van der Waals surface area (Å²) in [5.41, 5.74) is -0.513. The van der Waals surface area contributed by atoms with E-state index >= 15 is 0 Å². The predicted molar refractivity (Wildman–Crippen MR) is 45.9 cm³/mol. The first-order valence-electron chi connectivity index (χ1n) is 3.92. The molecule has 76 valence electrons. The fourth-order valence-corrected chi connectivity index (χ4v) is 0.988. The van der Waals surface area contributed by atoms with E-state index in [1.807, 2.05) is 0 Å². The minimum absolute atomic E-state index is 0.0657. The second-order valence-corrected chi connectivity index (χ2v) is 2.49. The topological polar surface area (TPSA) is 66.8 Å². The molecule has 4 nitrogen and oxygen atoms in total. The van der Waals surface area contributed by atoms with Gasteiger partial charge in [-0.25, -0.2) is 9.18 Å². The zero-order valence-corrected chi connectivity index (χ0v) is 7.24. The molecular weight excluding hydrogens is 191 g/mol. The quantitative estimate of drug-likeness (QED) is 0.757. The molecular formula is C9H9FO4. The molecule has 0 fully saturated rings. The zero-order valence-electron chi connectivity index (χ0n) is 7.24. The minimum atomic E-state index is -1.39. The van der Waals surface area contributed by atoms with Crippen molar-refractivity contribution in [3.05, 3.63) is 29.6 Å². The lowest BCUT2D eigenvalue weighted by atomic mass is 10.2. The lowest BCUT2D eigenvalue weighted by molar-refractivity contribution is 0.0685.